The van der Waals surface area contributed by atoms with E-state index in [0.717, 1.165) is 70.6 Å². The molecule has 6 nitrogen and oxygen atoms in total. The van der Waals surface area contributed by atoms with Crippen molar-refractivity contribution in [1.29, 1.82) is 0 Å². The van der Waals surface area contributed by atoms with Crippen LogP contribution >= 0.6 is 0 Å². The molecule has 0 amide bonds. The molecule has 0 N–H and O–H groups in total. The van der Waals surface area contributed by atoms with E-state index in [2.05, 4.69) is 99.8 Å². The molecule has 0 aromatic rings. The van der Waals surface area contributed by atoms with Crippen LogP contribution in [0.15, 0.2) is 97.2 Å². The summed E-state index contributed by atoms with van der Waals surface area (Å²) in [5.74, 6) is -1.07. The summed E-state index contributed by atoms with van der Waals surface area (Å²) in [6.45, 7) is 6.41. The van der Waals surface area contributed by atoms with Gasteiger partial charge >= 0.3 is 17.9 Å². The highest BCUT2D eigenvalue weighted by molar-refractivity contribution is 5.71. The van der Waals surface area contributed by atoms with E-state index in [-0.39, 0.29) is 44.0 Å². The van der Waals surface area contributed by atoms with Gasteiger partial charge in [0.15, 0.2) is 6.10 Å². The Morgan fingerprint density at radius 1 is 0.313 bits per heavy atom. The van der Waals surface area contributed by atoms with Gasteiger partial charge in [-0.25, -0.2) is 0 Å². The van der Waals surface area contributed by atoms with Crippen molar-refractivity contribution in [2.45, 2.75) is 258 Å². The molecular formula is C61H102O6. The average molecular weight is 931 g/mol. The summed E-state index contributed by atoms with van der Waals surface area (Å²) in [7, 11) is 0. The molecule has 0 bridgehead atoms. The topological polar surface area (TPSA) is 78.9 Å². The van der Waals surface area contributed by atoms with Crippen LogP contribution in [0.25, 0.3) is 0 Å². The van der Waals surface area contributed by atoms with Crippen molar-refractivity contribution < 1.29 is 28.6 Å². The second-order valence-corrected chi connectivity index (χ2v) is 18.1. The first-order valence-electron chi connectivity index (χ1n) is 27.7. The second-order valence-electron chi connectivity index (χ2n) is 18.1. The predicted octanol–water partition coefficient (Wildman–Crippen LogP) is 18.5. The van der Waals surface area contributed by atoms with Crippen molar-refractivity contribution in [3.8, 4) is 0 Å². The third kappa shape index (κ3) is 53.2. The highest BCUT2D eigenvalue weighted by Crippen LogP contribution is 2.15. The third-order valence-electron chi connectivity index (χ3n) is 11.6. The SMILES string of the molecule is CC/C=C/C/C=C/C/C=C/C/C=C/C/C=C/C/C=C/CCC(=O)OCC(COC(=O)CC/C=C/C/C=C/CCCCCCCC)OC(=O)CCCCCCCCCCCCCCCCCCC. The Balaban J connectivity index is 4.53. The van der Waals surface area contributed by atoms with Crippen LogP contribution in [0.3, 0.4) is 0 Å². The molecule has 0 saturated carbocycles. The Hall–Kier alpha value is -3.67. The fraction of sp³-hybridized carbons (Fsp3) is 0.689. The molecule has 0 saturated heterocycles. The van der Waals surface area contributed by atoms with Gasteiger partial charge in [0.1, 0.15) is 13.2 Å². The van der Waals surface area contributed by atoms with Gasteiger partial charge in [-0.1, -0.05) is 253 Å². The first kappa shape index (κ1) is 63.3. The lowest BCUT2D eigenvalue weighted by Gasteiger charge is -2.18. The Morgan fingerprint density at radius 2 is 0.612 bits per heavy atom. The summed E-state index contributed by atoms with van der Waals surface area (Å²) in [6.07, 6.45) is 72.8. The Morgan fingerprint density at radius 3 is 0.970 bits per heavy atom. The van der Waals surface area contributed by atoms with Crippen LogP contribution in [0.5, 0.6) is 0 Å². The minimum absolute atomic E-state index is 0.130. The van der Waals surface area contributed by atoms with E-state index in [1.807, 2.05) is 18.2 Å². The van der Waals surface area contributed by atoms with Gasteiger partial charge < -0.3 is 14.2 Å². The lowest BCUT2D eigenvalue weighted by molar-refractivity contribution is -0.166. The number of ether oxygens (including phenoxy) is 3. The molecule has 382 valence electrons. The number of hydrogen-bond acceptors (Lipinski definition) is 6. The van der Waals surface area contributed by atoms with E-state index >= 15 is 0 Å². The van der Waals surface area contributed by atoms with Crippen LogP contribution in [0, 0.1) is 0 Å². The van der Waals surface area contributed by atoms with Crippen LogP contribution in [0.1, 0.15) is 252 Å². The Labute approximate surface area is 413 Å². The number of allylic oxidation sites excluding steroid dienone is 16. The zero-order chi connectivity index (χ0) is 48.6. The molecule has 0 radical (unpaired) electrons. The van der Waals surface area contributed by atoms with Crippen LogP contribution in [0.4, 0.5) is 0 Å². The van der Waals surface area contributed by atoms with Gasteiger partial charge in [0, 0.05) is 19.3 Å². The lowest BCUT2D eigenvalue weighted by Crippen LogP contribution is -2.30. The molecule has 1 unspecified atom stereocenters. The van der Waals surface area contributed by atoms with Gasteiger partial charge in [-0.05, 0) is 77.0 Å². The summed E-state index contributed by atoms with van der Waals surface area (Å²) in [6, 6.07) is 0. The monoisotopic (exact) mass is 931 g/mol. The standard InChI is InChI=1S/C61H102O6/c1-4-7-10-13-16-19-22-25-27-29-30-32-33-36-39-42-45-48-51-54-60(63)66-57-58(56-65-59(62)53-50-47-44-41-38-35-24-21-18-15-12-9-6-3)67-61(64)55-52-49-46-43-40-37-34-31-28-26-23-20-17-14-11-8-5-2/h7,10,16,19,25,27,30,32,35-36,38-39,44-45,47-48,58H,4-6,8-9,11-15,17-18,20-24,26,28-29,31,33-34,37,40-43,46,49-57H2,1-3H3/b10-7+,19-16+,27-25+,32-30+,38-35+,39-36+,47-44+,48-45+. The quantitative estimate of drug-likeness (QED) is 0.0262. The van der Waals surface area contributed by atoms with Crippen molar-refractivity contribution in [3.63, 3.8) is 0 Å². The maximum absolute atomic E-state index is 12.8. The summed E-state index contributed by atoms with van der Waals surface area (Å²) in [4.78, 5) is 38.0. The van der Waals surface area contributed by atoms with E-state index in [1.54, 1.807) is 0 Å². The maximum atomic E-state index is 12.8. The highest BCUT2D eigenvalue weighted by Gasteiger charge is 2.19. The molecule has 6 heteroatoms. The summed E-state index contributed by atoms with van der Waals surface area (Å²) < 4.78 is 16.7. The van der Waals surface area contributed by atoms with Crippen LogP contribution in [0.2, 0.25) is 0 Å². The summed E-state index contributed by atoms with van der Waals surface area (Å²) in [5, 5.41) is 0. The van der Waals surface area contributed by atoms with E-state index in [9.17, 15) is 14.4 Å². The van der Waals surface area contributed by atoms with Crippen molar-refractivity contribution in [2.24, 2.45) is 0 Å². The molecule has 0 aromatic heterocycles. The third-order valence-corrected chi connectivity index (χ3v) is 11.6. The minimum atomic E-state index is -0.829. The van der Waals surface area contributed by atoms with Crippen LogP contribution in [-0.4, -0.2) is 37.2 Å². The fourth-order valence-corrected chi connectivity index (χ4v) is 7.46. The van der Waals surface area contributed by atoms with E-state index in [0.29, 0.717) is 19.3 Å². The van der Waals surface area contributed by atoms with Crippen molar-refractivity contribution >= 4 is 17.9 Å². The number of carbonyl (C=O) groups is 3. The molecule has 0 heterocycles. The molecule has 0 aromatic carbocycles. The first-order valence-corrected chi connectivity index (χ1v) is 27.7. The average Bonchev–Trinajstić information content (AvgIpc) is 3.33. The van der Waals surface area contributed by atoms with Gasteiger partial charge in [0.05, 0.1) is 0 Å². The maximum Gasteiger partial charge on any atom is 0.306 e. The van der Waals surface area contributed by atoms with Crippen molar-refractivity contribution in [2.75, 3.05) is 13.2 Å². The predicted molar refractivity (Wildman–Crippen MR) is 288 cm³/mol. The normalized spacial score (nSPS) is 12.8. The number of esters is 3. The second kappa shape index (κ2) is 54.9. The molecule has 67 heavy (non-hydrogen) atoms. The zero-order valence-electron chi connectivity index (χ0n) is 43.6. The van der Waals surface area contributed by atoms with Crippen LogP contribution in [-0.2, 0) is 28.6 Å². The van der Waals surface area contributed by atoms with Crippen LogP contribution < -0.4 is 0 Å². The molecule has 0 fully saturated rings. The number of rotatable bonds is 49. The van der Waals surface area contributed by atoms with E-state index in [4.69, 9.17) is 14.2 Å². The van der Waals surface area contributed by atoms with E-state index < -0.39 is 6.10 Å². The Kier molecular flexibility index (Phi) is 51.9. The molecule has 0 aliphatic carbocycles. The molecule has 0 aliphatic rings. The first-order chi connectivity index (χ1) is 33.0. The van der Waals surface area contributed by atoms with Crippen molar-refractivity contribution in [3.05, 3.63) is 97.2 Å². The van der Waals surface area contributed by atoms with Gasteiger partial charge in [-0.2, -0.15) is 0 Å². The van der Waals surface area contributed by atoms with Gasteiger partial charge in [-0.15, -0.1) is 0 Å². The molecular weight excluding hydrogens is 829 g/mol. The number of hydrogen-bond donors (Lipinski definition) is 0. The molecule has 0 spiro atoms. The highest BCUT2D eigenvalue weighted by atomic mass is 16.6. The smallest absolute Gasteiger partial charge is 0.306 e. The number of unbranched alkanes of at least 4 members (excludes halogenated alkanes) is 22. The molecule has 0 rings (SSSR count). The molecule has 1 atom stereocenters. The van der Waals surface area contributed by atoms with Gasteiger partial charge in [0.25, 0.3) is 0 Å². The van der Waals surface area contributed by atoms with Crippen molar-refractivity contribution in [1.82, 2.24) is 0 Å². The minimum Gasteiger partial charge on any atom is -0.462 e. The number of carbonyl (C=O) groups excluding carboxylic acids is 3. The molecule has 0 aliphatic heterocycles. The fourth-order valence-electron chi connectivity index (χ4n) is 7.46. The zero-order valence-corrected chi connectivity index (χ0v) is 43.6. The largest absolute Gasteiger partial charge is 0.462 e. The van der Waals surface area contributed by atoms with Gasteiger partial charge in [0.2, 0.25) is 0 Å². The summed E-state index contributed by atoms with van der Waals surface area (Å²) >= 11 is 0. The lowest BCUT2D eigenvalue weighted by atomic mass is 10.0. The Bertz CT molecular complexity index is 1350. The summed E-state index contributed by atoms with van der Waals surface area (Å²) in [5.41, 5.74) is 0. The van der Waals surface area contributed by atoms with E-state index in [1.165, 1.54) is 128 Å². The van der Waals surface area contributed by atoms with Gasteiger partial charge in [-0.3, -0.25) is 14.4 Å².